The van der Waals surface area contributed by atoms with Crippen molar-refractivity contribution in [3.8, 4) is 0 Å². The lowest BCUT2D eigenvalue weighted by atomic mass is 10.1. The van der Waals surface area contributed by atoms with E-state index in [1.807, 2.05) is 0 Å². The minimum absolute atomic E-state index is 0.715. The van der Waals surface area contributed by atoms with Crippen LogP contribution in [0, 0.1) is 0 Å². The number of hydrogen-bond acceptors (Lipinski definition) is 3. The van der Waals surface area contributed by atoms with Gasteiger partial charge in [-0.15, -0.1) is 5.10 Å². The predicted octanol–water partition coefficient (Wildman–Crippen LogP) is 0.0425. The fourth-order valence-corrected chi connectivity index (χ4v) is 0.844. The van der Waals surface area contributed by atoms with Gasteiger partial charge in [0.15, 0.2) is 0 Å². The van der Waals surface area contributed by atoms with Crippen molar-refractivity contribution in [1.29, 1.82) is 0 Å². The Labute approximate surface area is 59.5 Å². The summed E-state index contributed by atoms with van der Waals surface area (Å²) in [5.41, 5.74) is -0.134. The zero-order valence-electron chi connectivity index (χ0n) is 6.37. The van der Waals surface area contributed by atoms with E-state index < -0.39 is 5.60 Å². The van der Waals surface area contributed by atoms with Crippen molar-refractivity contribution in [2.75, 3.05) is 0 Å². The van der Waals surface area contributed by atoms with Crippen LogP contribution in [0.1, 0.15) is 19.5 Å². The molecule has 1 aromatic heterocycles. The van der Waals surface area contributed by atoms with Gasteiger partial charge in [0.1, 0.15) is 5.60 Å². The molecule has 10 heavy (non-hydrogen) atoms. The summed E-state index contributed by atoms with van der Waals surface area (Å²) < 4.78 is 1.56. The molecule has 1 rings (SSSR count). The Bertz CT molecular complexity index is 223. The fraction of sp³-hybridized carbons (Fsp3) is 0.667. The molecule has 4 heteroatoms. The first-order valence-electron chi connectivity index (χ1n) is 3.09. The molecule has 0 aliphatic heterocycles. The summed E-state index contributed by atoms with van der Waals surface area (Å²) in [5.74, 6) is 0. The largest absolute Gasteiger partial charge is 0.384 e. The Morgan fingerprint density at radius 3 is 2.40 bits per heavy atom. The maximum Gasteiger partial charge on any atom is 0.102 e. The van der Waals surface area contributed by atoms with Gasteiger partial charge in [-0.1, -0.05) is 5.21 Å². The van der Waals surface area contributed by atoms with Crippen molar-refractivity contribution < 1.29 is 5.11 Å². The van der Waals surface area contributed by atoms with Crippen molar-refractivity contribution in [2.45, 2.75) is 19.4 Å². The van der Waals surface area contributed by atoms with Crippen LogP contribution in [-0.4, -0.2) is 20.1 Å². The molecule has 1 aromatic rings. The minimum Gasteiger partial charge on any atom is -0.384 e. The average molecular weight is 141 g/mol. The molecule has 0 saturated carbocycles. The first kappa shape index (κ1) is 7.21. The monoisotopic (exact) mass is 141 g/mol. The highest BCUT2D eigenvalue weighted by atomic mass is 16.3. The van der Waals surface area contributed by atoms with E-state index in [-0.39, 0.29) is 0 Å². The predicted molar refractivity (Wildman–Crippen MR) is 36.2 cm³/mol. The van der Waals surface area contributed by atoms with Gasteiger partial charge in [0.25, 0.3) is 0 Å². The molecule has 4 nitrogen and oxygen atoms in total. The first-order chi connectivity index (χ1) is 4.52. The summed E-state index contributed by atoms with van der Waals surface area (Å²) in [6.07, 6.45) is 1.56. The molecule has 0 atom stereocenters. The summed E-state index contributed by atoms with van der Waals surface area (Å²) in [7, 11) is 1.75. The van der Waals surface area contributed by atoms with Gasteiger partial charge in [-0.3, -0.25) is 0 Å². The second-order valence-corrected chi connectivity index (χ2v) is 2.80. The van der Waals surface area contributed by atoms with Gasteiger partial charge in [0, 0.05) is 7.05 Å². The van der Waals surface area contributed by atoms with Crippen molar-refractivity contribution in [2.24, 2.45) is 7.05 Å². The molecule has 0 bridgehead atoms. The lowest BCUT2D eigenvalue weighted by molar-refractivity contribution is 0.0696. The van der Waals surface area contributed by atoms with E-state index in [1.54, 1.807) is 31.8 Å². The van der Waals surface area contributed by atoms with Crippen LogP contribution in [0.2, 0.25) is 0 Å². The molecule has 0 unspecified atom stereocenters. The molecule has 0 radical (unpaired) electrons. The normalized spacial score (nSPS) is 12.0. The highest BCUT2D eigenvalue weighted by Crippen LogP contribution is 2.16. The summed E-state index contributed by atoms with van der Waals surface area (Å²) >= 11 is 0. The molecule has 0 fully saturated rings. The summed E-state index contributed by atoms with van der Waals surface area (Å²) in [5, 5.41) is 16.8. The van der Waals surface area contributed by atoms with E-state index in [2.05, 4.69) is 10.3 Å². The Balaban J connectivity index is 3.05. The molecule has 0 aliphatic carbocycles. The molecule has 0 aliphatic rings. The van der Waals surface area contributed by atoms with Crippen molar-refractivity contribution in [3.63, 3.8) is 0 Å². The van der Waals surface area contributed by atoms with E-state index >= 15 is 0 Å². The van der Waals surface area contributed by atoms with E-state index in [9.17, 15) is 5.11 Å². The van der Waals surface area contributed by atoms with E-state index in [1.165, 1.54) is 0 Å². The van der Waals surface area contributed by atoms with E-state index in [0.29, 0.717) is 5.69 Å². The van der Waals surface area contributed by atoms with Gasteiger partial charge in [-0.2, -0.15) is 0 Å². The second-order valence-electron chi connectivity index (χ2n) is 2.80. The quantitative estimate of drug-likeness (QED) is 0.601. The molecule has 56 valence electrons. The summed E-state index contributed by atoms with van der Waals surface area (Å²) in [6, 6.07) is 0. The van der Waals surface area contributed by atoms with E-state index in [4.69, 9.17) is 0 Å². The Morgan fingerprint density at radius 1 is 1.60 bits per heavy atom. The zero-order chi connectivity index (χ0) is 7.78. The van der Waals surface area contributed by atoms with Crippen LogP contribution >= 0.6 is 0 Å². The first-order valence-corrected chi connectivity index (χ1v) is 3.09. The number of nitrogens with zero attached hydrogens (tertiary/aromatic N) is 3. The van der Waals surface area contributed by atoms with Crippen LogP contribution in [0.4, 0.5) is 0 Å². The molecule has 0 amide bonds. The Morgan fingerprint density at radius 2 is 2.20 bits per heavy atom. The van der Waals surface area contributed by atoms with Crippen LogP contribution in [0.25, 0.3) is 0 Å². The third-order valence-electron chi connectivity index (χ3n) is 1.34. The third-order valence-corrected chi connectivity index (χ3v) is 1.34. The SMILES string of the molecule is Cn1nncc1C(C)(C)O. The maximum absolute atomic E-state index is 9.46. The van der Waals surface area contributed by atoms with Crippen molar-refractivity contribution >= 4 is 0 Å². The second kappa shape index (κ2) is 2.05. The summed E-state index contributed by atoms with van der Waals surface area (Å²) in [4.78, 5) is 0. The van der Waals surface area contributed by atoms with Gasteiger partial charge >= 0.3 is 0 Å². The number of rotatable bonds is 1. The van der Waals surface area contributed by atoms with Crippen molar-refractivity contribution in [1.82, 2.24) is 15.0 Å². The number of aryl methyl sites for hydroxylation is 1. The van der Waals surface area contributed by atoms with Crippen LogP contribution in [0.3, 0.4) is 0 Å². The van der Waals surface area contributed by atoms with Crippen LogP contribution in [-0.2, 0) is 12.6 Å². The molecule has 0 aromatic carbocycles. The molecule has 1 heterocycles. The van der Waals surface area contributed by atoms with Gasteiger partial charge < -0.3 is 5.11 Å². The minimum atomic E-state index is -0.849. The molecule has 0 saturated heterocycles. The van der Waals surface area contributed by atoms with Gasteiger partial charge in [0.2, 0.25) is 0 Å². The standard InChI is InChI=1S/C6H11N3O/c1-6(2,10)5-4-7-8-9(5)3/h4,10H,1-3H3. The topological polar surface area (TPSA) is 50.9 Å². The maximum atomic E-state index is 9.46. The van der Waals surface area contributed by atoms with E-state index in [0.717, 1.165) is 0 Å². The third kappa shape index (κ3) is 1.16. The highest BCUT2D eigenvalue weighted by Gasteiger charge is 2.19. The fourth-order valence-electron chi connectivity index (χ4n) is 0.844. The van der Waals surface area contributed by atoms with Gasteiger partial charge in [-0.05, 0) is 13.8 Å². The summed E-state index contributed by atoms with van der Waals surface area (Å²) in [6.45, 7) is 3.40. The lowest BCUT2D eigenvalue weighted by Crippen LogP contribution is -2.19. The average Bonchev–Trinajstić information content (AvgIpc) is 2.11. The van der Waals surface area contributed by atoms with Crippen LogP contribution in [0.15, 0.2) is 6.20 Å². The van der Waals surface area contributed by atoms with Gasteiger partial charge in [0.05, 0.1) is 11.9 Å². The molecule has 0 spiro atoms. The molecular weight excluding hydrogens is 130 g/mol. The Hall–Kier alpha value is -0.900. The molecular formula is C6H11N3O. The smallest absolute Gasteiger partial charge is 0.102 e. The van der Waals surface area contributed by atoms with Crippen LogP contribution < -0.4 is 0 Å². The van der Waals surface area contributed by atoms with Crippen molar-refractivity contribution in [3.05, 3.63) is 11.9 Å². The number of hydrogen-bond donors (Lipinski definition) is 1. The highest BCUT2D eigenvalue weighted by molar-refractivity contribution is 5.03. The lowest BCUT2D eigenvalue weighted by Gasteiger charge is -2.15. The Kier molecular flexibility index (Phi) is 1.48. The molecule has 1 N–H and O–H groups in total. The van der Waals surface area contributed by atoms with Gasteiger partial charge in [-0.25, -0.2) is 4.68 Å². The van der Waals surface area contributed by atoms with Crippen LogP contribution in [0.5, 0.6) is 0 Å². The zero-order valence-corrected chi connectivity index (χ0v) is 6.37. The number of aliphatic hydroxyl groups is 1. The number of aromatic nitrogens is 3.